The van der Waals surface area contributed by atoms with Gasteiger partial charge in [0.15, 0.2) is 5.79 Å². The fourth-order valence-electron chi connectivity index (χ4n) is 2.93. The van der Waals surface area contributed by atoms with E-state index in [0.717, 1.165) is 6.54 Å². The summed E-state index contributed by atoms with van der Waals surface area (Å²) < 4.78 is 11.5. The second-order valence-corrected chi connectivity index (χ2v) is 5.77. The van der Waals surface area contributed by atoms with Gasteiger partial charge in [-0.1, -0.05) is 30.3 Å². The van der Waals surface area contributed by atoms with Crippen LogP contribution in [0, 0.1) is 0 Å². The lowest BCUT2D eigenvalue weighted by Crippen LogP contribution is -2.26. The summed E-state index contributed by atoms with van der Waals surface area (Å²) in [5.41, 5.74) is 1.27. The minimum Gasteiger partial charge on any atom is -0.395 e. The minimum absolute atomic E-state index is 0.0656. The lowest BCUT2D eigenvalue weighted by atomic mass is 10.2. The van der Waals surface area contributed by atoms with Crippen LogP contribution in [-0.4, -0.2) is 47.2 Å². The molecule has 0 saturated carbocycles. The molecule has 1 aromatic rings. The van der Waals surface area contributed by atoms with Gasteiger partial charge in [-0.15, -0.1) is 0 Å². The molecule has 2 aliphatic heterocycles. The second-order valence-electron chi connectivity index (χ2n) is 5.77. The maximum Gasteiger partial charge on any atom is 0.163 e. The van der Waals surface area contributed by atoms with E-state index >= 15 is 0 Å². The van der Waals surface area contributed by atoms with E-state index in [-0.39, 0.29) is 24.8 Å². The van der Waals surface area contributed by atoms with Gasteiger partial charge in [-0.2, -0.15) is 0 Å². The summed E-state index contributed by atoms with van der Waals surface area (Å²) >= 11 is 0. The topological polar surface area (TPSA) is 41.7 Å². The van der Waals surface area contributed by atoms with E-state index in [9.17, 15) is 5.11 Å². The van der Waals surface area contributed by atoms with E-state index in [1.807, 2.05) is 32.0 Å². The molecule has 0 aliphatic carbocycles. The summed E-state index contributed by atoms with van der Waals surface area (Å²) in [6, 6.07) is 10.8. The molecule has 4 nitrogen and oxygen atoms in total. The largest absolute Gasteiger partial charge is 0.395 e. The van der Waals surface area contributed by atoms with Crippen LogP contribution in [0.3, 0.4) is 0 Å². The van der Waals surface area contributed by atoms with Crippen LogP contribution in [0.5, 0.6) is 0 Å². The van der Waals surface area contributed by atoms with E-state index in [0.29, 0.717) is 6.61 Å². The first-order valence-corrected chi connectivity index (χ1v) is 6.83. The Hall–Kier alpha value is -0.940. The molecule has 1 unspecified atom stereocenters. The highest BCUT2D eigenvalue weighted by Crippen LogP contribution is 2.38. The first kappa shape index (κ1) is 13.1. The first-order chi connectivity index (χ1) is 9.11. The summed E-state index contributed by atoms with van der Waals surface area (Å²) in [5.74, 6) is -0.494. The molecule has 2 fully saturated rings. The van der Waals surface area contributed by atoms with Crippen molar-refractivity contribution in [2.75, 3.05) is 13.2 Å². The molecule has 1 aromatic carbocycles. The molecule has 1 N–H and O–H groups in total. The van der Waals surface area contributed by atoms with Crippen molar-refractivity contribution in [1.82, 2.24) is 4.90 Å². The van der Waals surface area contributed by atoms with Crippen molar-refractivity contribution in [3.8, 4) is 0 Å². The van der Waals surface area contributed by atoms with Crippen molar-refractivity contribution in [3.05, 3.63) is 35.9 Å². The number of hydrogen-bond donors (Lipinski definition) is 1. The molecule has 104 valence electrons. The van der Waals surface area contributed by atoms with Crippen LogP contribution < -0.4 is 0 Å². The molecule has 3 rings (SSSR count). The zero-order valence-electron chi connectivity index (χ0n) is 11.5. The Labute approximate surface area is 113 Å². The Morgan fingerprint density at radius 3 is 2.63 bits per heavy atom. The molecular weight excluding hydrogens is 242 g/mol. The third-order valence-electron chi connectivity index (χ3n) is 3.92. The molecule has 0 radical (unpaired) electrons. The number of benzene rings is 1. The van der Waals surface area contributed by atoms with Crippen molar-refractivity contribution in [1.29, 1.82) is 0 Å². The zero-order valence-corrected chi connectivity index (χ0v) is 11.5. The summed E-state index contributed by atoms with van der Waals surface area (Å²) in [4.78, 5) is 2.28. The van der Waals surface area contributed by atoms with Crippen LogP contribution in [0.25, 0.3) is 0 Å². The van der Waals surface area contributed by atoms with Crippen LogP contribution in [0.15, 0.2) is 30.3 Å². The molecule has 2 heterocycles. The van der Waals surface area contributed by atoms with Crippen LogP contribution in [-0.2, 0) is 16.0 Å². The average Bonchev–Trinajstić information content (AvgIpc) is 2.96. The van der Waals surface area contributed by atoms with E-state index in [1.165, 1.54) is 5.56 Å². The number of aliphatic hydroxyl groups is 1. The van der Waals surface area contributed by atoms with E-state index < -0.39 is 5.79 Å². The molecule has 0 aromatic heterocycles. The molecule has 2 saturated heterocycles. The van der Waals surface area contributed by atoms with Crippen molar-refractivity contribution in [3.63, 3.8) is 0 Å². The number of aliphatic hydroxyl groups excluding tert-OH is 1. The highest BCUT2D eigenvalue weighted by Gasteiger charge is 2.55. The Morgan fingerprint density at radius 2 is 2.05 bits per heavy atom. The fraction of sp³-hybridized carbons (Fsp3) is 0.600. The average molecular weight is 263 g/mol. The Kier molecular flexibility index (Phi) is 3.35. The van der Waals surface area contributed by atoms with Gasteiger partial charge < -0.3 is 14.6 Å². The number of rotatable bonds is 4. The molecule has 0 bridgehead atoms. The molecule has 19 heavy (non-hydrogen) atoms. The molecule has 0 amide bonds. The summed E-state index contributed by atoms with van der Waals surface area (Å²) in [6.07, 6.45) is 0.0656. The third kappa shape index (κ3) is 2.67. The predicted octanol–water partition coefficient (Wildman–Crippen LogP) is 1.38. The smallest absolute Gasteiger partial charge is 0.163 e. The molecular formula is C15H21NO3. The van der Waals surface area contributed by atoms with Gasteiger partial charge in [0.05, 0.1) is 25.3 Å². The van der Waals surface area contributed by atoms with E-state index in [1.54, 1.807) is 0 Å². The Balaban J connectivity index is 1.64. The number of ether oxygens (including phenoxy) is 2. The molecule has 4 heteroatoms. The van der Waals surface area contributed by atoms with Gasteiger partial charge in [0.1, 0.15) is 6.10 Å². The quantitative estimate of drug-likeness (QED) is 0.833. The summed E-state index contributed by atoms with van der Waals surface area (Å²) in [6.45, 7) is 5.52. The van der Waals surface area contributed by atoms with E-state index in [2.05, 4.69) is 17.0 Å². The molecule has 2 aliphatic rings. The van der Waals surface area contributed by atoms with Crippen LogP contribution in [0.1, 0.15) is 19.4 Å². The SMILES string of the molecule is CC1(C)OC[C@H]([C@H]2[C@H](CO)N2Cc2ccccc2)O1. The lowest BCUT2D eigenvalue weighted by Gasteiger charge is -2.17. The van der Waals surface area contributed by atoms with Crippen LogP contribution in [0.4, 0.5) is 0 Å². The van der Waals surface area contributed by atoms with Gasteiger partial charge in [0.25, 0.3) is 0 Å². The van der Waals surface area contributed by atoms with Crippen molar-refractivity contribution in [2.24, 2.45) is 0 Å². The Morgan fingerprint density at radius 1 is 1.32 bits per heavy atom. The third-order valence-corrected chi connectivity index (χ3v) is 3.92. The van der Waals surface area contributed by atoms with Crippen LogP contribution in [0.2, 0.25) is 0 Å². The Bertz CT molecular complexity index is 434. The zero-order chi connectivity index (χ0) is 13.5. The maximum absolute atomic E-state index is 9.48. The van der Waals surface area contributed by atoms with Gasteiger partial charge in [-0.25, -0.2) is 0 Å². The second kappa shape index (κ2) is 4.87. The maximum atomic E-state index is 9.48. The van der Waals surface area contributed by atoms with Crippen LogP contribution >= 0.6 is 0 Å². The normalized spacial score (nSPS) is 36.4. The minimum atomic E-state index is -0.494. The molecule has 4 atom stereocenters. The fourth-order valence-corrected chi connectivity index (χ4v) is 2.93. The van der Waals surface area contributed by atoms with Crippen molar-refractivity contribution >= 4 is 0 Å². The lowest BCUT2D eigenvalue weighted by molar-refractivity contribution is -0.139. The van der Waals surface area contributed by atoms with Gasteiger partial charge in [-0.3, -0.25) is 4.90 Å². The van der Waals surface area contributed by atoms with Crippen molar-refractivity contribution in [2.45, 2.75) is 44.4 Å². The monoisotopic (exact) mass is 263 g/mol. The molecule has 0 spiro atoms. The number of nitrogens with zero attached hydrogens (tertiary/aromatic N) is 1. The number of hydrogen-bond acceptors (Lipinski definition) is 4. The van der Waals surface area contributed by atoms with E-state index in [4.69, 9.17) is 9.47 Å². The highest BCUT2D eigenvalue weighted by atomic mass is 16.7. The van der Waals surface area contributed by atoms with Gasteiger partial charge >= 0.3 is 0 Å². The summed E-state index contributed by atoms with van der Waals surface area (Å²) in [5, 5.41) is 9.48. The standard InChI is InChI=1S/C15H21NO3/c1-15(2)18-10-13(19-15)14-12(9-17)16(14)8-11-6-4-3-5-7-11/h3-7,12-14,17H,8-10H2,1-2H3/t12-,13+,14+,16?/m0/s1. The predicted molar refractivity (Wildman–Crippen MR) is 71.6 cm³/mol. The van der Waals surface area contributed by atoms with Crippen molar-refractivity contribution < 1.29 is 14.6 Å². The van der Waals surface area contributed by atoms with Gasteiger partial charge in [0, 0.05) is 6.54 Å². The van der Waals surface area contributed by atoms with Gasteiger partial charge in [-0.05, 0) is 19.4 Å². The highest BCUT2D eigenvalue weighted by molar-refractivity contribution is 5.18. The first-order valence-electron chi connectivity index (χ1n) is 6.83. The summed E-state index contributed by atoms with van der Waals surface area (Å²) in [7, 11) is 0. The van der Waals surface area contributed by atoms with Gasteiger partial charge in [0.2, 0.25) is 0 Å².